The van der Waals surface area contributed by atoms with E-state index in [1.807, 2.05) is 6.92 Å². The van der Waals surface area contributed by atoms with Crippen LogP contribution in [0.1, 0.15) is 33.4 Å². The first kappa shape index (κ1) is 18.5. The van der Waals surface area contributed by atoms with E-state index in [9.17, 15) is 14.7 Å². The minimum absolute atomic E-state index is 0.0301. The molecule has 1 fully saturated rings. The van der Waals surface area contributed by atoms with E-state index >= 15 is 0 Å². The second kappa shape index (κ2) is 7.14. The molecule has 1 aliphatic heterocycles. The lowest BCUT2D eigenvalue weighted by Crippen LogP contribution is -2.33. The van der Waals surface area contributed by atoms with Gasteiger partial charge in [-0.3, -0.25) is 24.5 Å². The number of H-pyrrole nitrogens is 1. The van der Waals surface area contributed by atoms with Crippen LogP contribution >= 0.6 is 0 Å². The summed E-state index contributed by atoms with van der Waals surface area (Å²) in [5.41, 5.74) is -0.128. The summed E-state index contributed by atoms with van der Waals surface area (Å²) in [5.74, 6) is -0.508. The predicted octanol–water partition coefficient (Wildman–Crippen LogP) is 0.397. The molecule has 1 saturated heterocycles. The van der Waals surface area contributed by atoms with E-state index in [1.54, 1.807) is 18.4 Å². The SMILES string of the molecule is CC[C@H]1O[C@@H](n2cnc3c(=O)[nH]c(NC(=O)C(C)C)nc32)[C@@H](OC)C1O. The quantitative estimate of drug-likeness (QED) is 0.699. The summed E-state index contributed by atoms with van der Waals surface area (Å²) in [6.45, 7) is 5.37. The van der Waals surface area contributed by atoms with Crippen molar-refractivity contribution in [2.24, 2.45) is 5.92 Å². The summed E-state index contributed by atoms with van der Waals surface area (Å²) in [6.07, 6.45) is -0.505. The van der Waals surface area contributed by atoms with Crippen molar-refractivity contribution in [3.63, 3.8) is 0 Å². The van der Waals surface area contributed by atoms with Crippen molar-refractivity contribution in [3.05, 3.63) is 16.7 Å². The Balaban J connectivity index is 2.03. The Morgan fingerprint density at radius 1 is 1.54 bits per heavy atom. The van der Waals surface area contributed by atoms with Crippen molar-refractivity contribution in [2.75, 3.05) is 12.4 Å². The third-order valence-corrected chi connectivity index (χ3v) is 4.46. The predicted molar refractivity (Wildman–Crippen MR) is 92.6 cm³/mol. The van der Waals surface area contributed by atoms with Crippen molar-refractivity contribution < 1.29 is 19.4 Å². The highest BCUT2D eigenvalue weighted by Crippen LogP contribution is 2.34. The van der Waals surface area contributed by atoms with Crippen LogP contribution in [0.25, 0.3) is 11.2 Å². The fourth-order valence-corrected chi connectivity index (χ4v) is 2.97. The zero-order valence-electron chi connectivity index (χ0n) is 15.1. The number of nitrogens with zero attached hydrogens (tertiary/aromatic N) is 3. The number of anilines is 1. The molecule has 3 heterocycles. The van der Waals surface area contributed by atoms with Crippen LogP contribution in [0.15, 0.2) is 11.1 Å². The zero-order chi connectivity index (χ0) is 19.0. The van der Waals surface area contributed by atoms with Gasteiger partial charge in [-0.1, -0.05) is 20.8 Å². The maximum Gasteiger partial charge on any atom is 0.280 e. The molecule has 2 aromatic heterocycles. The number of amides is 1. The molecular formula is C16H23N5O5. The molecule has 0 radical (unpaired) electrons. The first-order valence-corrected chi connectivity index (χ1v) is 8.51. The van der Waals surface area contributed by atoms with Crippen LogP contribution < -0.4 is 10.9 Å². The monoisotopic (exact) mass is 365 g/mol. The summed E-state index contributed by atoms with van der Waals surface area (Å²) in [7, 11) is 1.48. The molecule has 2 aromatic rings. The van der Waals surface area contributed by atoms with Crippen LogP contribution in [0.3, 0.4) is 0 Å². The van der Waals surface area contributed by atoms with Gasteiger partial charge in [0, 0.05) is 13.0 Å². The molecule has 3 N–H and O–H groups in total. The van der Waals surface area contributed by atoms with E-state index in [0.29, 0.717) is 6.42 Å². The minimum atomic E-state index is -0.811. The van der Waals surface area contributed by atoms with Gasteiger partial charge in [0.15, 0.2) is 17.4 Å². The van der Waals surface area contributed by atoms with Crippen LogP contribution in [0.4, 0.5) is 5.95 Å². The number of carbonyl (C=O) groups excluding carboxylic acids is 1. The lowest BCUT2D eigenvalue weighted by Gasteiger charge is -2.20. The molecule has 4 atom stereocenters. The van der Waals surface area contributed by atoms with Crippen molar-refractivity contribution in [2.45, 2.75) is 51.7 Å². The molecule has 3 rings (SSSR count). The van der Waals surface area contributed by atoms with Gasteiger partial charge in [0.05, 0.1) is 12.4 Å². The van der Waals surface area contributed by atoms with Gasteiger partial charge < -0.3 is 14.6 Å². The molecule has 1 amide bonds. The smallest absolute Gasteiger partial charge is 0.280 e. The number of aromatic amines is 1. The van der Waals surface area contributed by atoms with E-state index < -0.39 is 30.1 Å². The van der Waals surface area contributed by atoms with E-state index in [0.717, 1.165) is 0 Å². The minimum Gasteiger partial charge on any atom is -0.388 e. The van der Waals surface area contributed by atoms with Crippen molar-refractivity contribution in [1.82, 2.24) is 19.5 Å². The average Bonchev–Trinajstić information content (AvgIpc) is 3.15. The van der Waals surface area contributed by atoms with Crippen LogP contribution in [-0.2, 0) is 14.3 Å². The van der Waals surface area contributed by atoms with Crippen LogP contribution in [0, 0.1) is 5.92 Å². The number of carbonyl (C=O) groups is 1. The largest absolute Gasteiger partial charge is 0.388 e. The van der Waals surface area contributed by atoms with Crippen molar-refractivity contribution >= 4 is 23.0 Å². The number of methoxy groups -OCH3 is 1. The number of aliphatic hydroxyl groups is 1. The highest BCUT2D eigenvalue weighted by Gasteiger charge is 2.44. The molecule has 0 spiro atoms. The molecule has 0 saturated carbocycles. The second-order valence-corrected chi connectivity index (χ2v) is 6.55. The number of hydrogen-bond donors (Lipinski definition) is 3. The maximum atomic E-state index is 12.3. The lowest BCUT2D eigenvalue weighted by atomic mass is 10.1. The van der Waals surface area contributed by atoms with Gasteiger partial charge >= 0.3 is 0 Å². The number of fused-ring (bicyclic) bond motifs is 1. The number of rotatable bonds is 5. The highest BCUT2D eigenvalue weighted by atomic mass is 16.6. The molecule has 1 aliphatic rings. The molecule has 1 unspecified atom stereocenters. The second-order valence-electron chi connectivity index (χ2n) is 6.55. The van der Waals surface area contributed by atoms with Crippen LogP contribution in [-0.4, -0.2) is 56.0 Å². The molecule has 10 heteroatoms. The van der Waals surface area contributed by atoms with E-state index in [1.165, 1.54) is 13.4 Å². The van der Waals surface area contributed by atoms with Gasteiger partial charge in [0.1, 0.15) is 12.2 Å². The van der Waals surface area contributed by atoms with Gasteiger partial charge in [-0.05, 0) is 6.42 Å². The Morgan fingerprint density at radius 2 is 2.27 bits per heavy atom. The van der Waals surface area contributed by atoms with E-state index in [4.69, 9.17) is 9.47 Å². The van der Waals surface area contributed by atoms with E-state index in [2.05, 4.69) is 20.3 Å². The molecule has 0 bridgehead atoms. The summed E-state index contributed by atoms with van der Waals surface area (Å²) >= 11 is 0. The van der Waals surface area contributed by atoms with Gasteiger partial charge in [0.2, 0.25) is 11.9 Å². The molecule has 10 nitrogen and oxygen atoms in total. The lowest BCUT2D eigenvalue weighted by molar-refractivity contribution is -0.118. The Kier molecular flexibility index (Phi) is 5.08. The molecule has 26 heavy (non-hydrogen) atoms. The van der Waals surface area contributed by atoms with Crippen molar-refractivity contribution in [1.29, 1.82) is 0 Å². The van der Waals surface area contributed by atoms with Gasteiger partial charge in [-0.25, -0.2) is 4.98 Å². The third kappa shape index (κ3) is 3.11. The number of aliphatic hydroxyl groups excluding tert-OH is 1. The topological polar surface area (TPSA) is 131 Å². The zero-order valence-corrected chi connectivity index (χ0v) is 15.1. The number of imidazole rings is 1. The molecule has 0 aromatic carbocycles. The first-order chi connectivity index (χ1) is 12.4. The molecule has 142 valence electrons. The molecule has 0 aliphatic carbocycles. The van der Waals surface area contributed by atoms with E-state index in [-0.39, 0.29) is 28.9 Å². The standard InChI is InChI=1S/C16H23N5O5/c1-5-8-10(22)11(25-4)15(26-8)21-6-17-9-12(21)18-16(20-14(9)24)19-13(23)7(2)3/h6-8,10-11,15,22H,5H2,1-4H3,(H2,18,19,20,23,24)/t8-,10?,11+,15-/m1/s1. The average molecular weight is 365 g/mol. The van der Waals surface area contributed by atoms with Crippen LogP contribution in [0.2, 0.25) is 0 Å². The summed E-state index contributed by atoms with van der Waals surface area (Å²) in [4.78, 5) is 35.1. The normalized spacial score (nSPS) is 25.9. The fourth-order valence-electron chi connectivity index (χ4n) is 2.97. The number of aromatic nitrogens is 4. The van der Waals surface area contributed by atoms with Crippen molar-refractivity contribution in [3.8, 4) is 0 Å². The third-order valence-electron chi connectivity index (χ3n) is 4.46. The Hall–Kier alpha value is -2.30. The number of ether oxygens (including phenoxy) is 2. The Morgan fingerprint density at radius 3 is 2.88 bits per heavy atom. The summed E-state index contributed by atoms with van der Waals surface area (Å²) in [5, 5.41) is 12.9. The van der Waals surface area contributed by atoms with Gasteiger partial charge in [0.25, 0.3) is 5.56 Å². The molecular weight excluding hydrogens is 342 g/mol. The van der Waals surface area contributed by atoms with Gasteiger partial charge in [-0.2, -0.15) is 4.98 Å². The van der Waals surface area contributed by atoms with Crippen LogP contribution in [0.5, 0.6) is 0 Å². The fraction of sp³-hybridized carbons (Fsp3) is 0.625. The van der Waals surface area contributed by atoms with Gasteiger partial charge in [-0.15, -0.1) is 0 Å². The Labute approximate surface area is 149 Å². The summed E-state index contributed by atoms with van der Waals surface area (Å²) < 4.78 is 12.8. The maximum absolute atomic E-state index is 12.3. The highest BCUT2D eigenvalue weighted by molar-refractivity contribution is 5.91. The number of nitrogens with one attached hydrogen (secondary N) is 2. The summed E-state index contributed by atoms with van der Waals surface area (Å²) in [6, 6.07) is 0. The Bertz CT molecular complexity index is 860. The number of hydrogen-bond acceptors (Lipinski definition) is 7. The first-order valence-electron chi connectivity index (χ1n) is 8.51.